The van der Waals surface area contributed by atoms with Crippen LogP contribution in [-0.4, -0.2) is 36.7 Å². The van der Waals surface area contributed by atoms with Gasteiger partial charge in [0.15, 0.2) is 0 Å². The van der Waals surface area contributed by atoms with Crippen LogP contribution in [-0.2, 0) is 0 Å². The molecule has 0 radical (unpaired) electrons. The van der Waals surface area contributed by atoms with E-state index in [2.05, 4.69) is 47.0 Å². The molecule has 1 unspecified atom stereocenters. The molecule has 0 heterocycles. The van der Waals surface area contributed by atoms with Gasteiger partial charge in [-0.25, -0.2) is 0 Å². The number of nitrogens with one attached hydrogen (secondary N) is 1. The van der Waals surface area contributed by atoms with Crippen molar-refractivity contribution in [1.29, 1.82) is 0 Å². The zero-order valence-electron chi connectivity index (χ0n) is 11.4. The summed E-state index contributed by atoms with van der Waals surface area (Å²) in [6, 6.07) is 5.78. The first-order valence-corrected chi connectivity index (χ1v) is 7.28. The quantitative estimate of drug-likeness (QED) is 0.811. The molecule has 0 bridgehead atoms. The zero-order valence-corrected chi connectivity index (χ0v) is 13.0. The van der Waals surface area contributed by atoms with Gasteiger partial charge in [-0.15, -0.1) is 0 Å². The van der Waals surface area contributed by atoms with Crippen molar-refractivity contribution in [2.45, 2.75) is 26.3 Å². The van der Waals surface area contributed by atoms with Crippen molar-refractivity contribution < 1.29 is 5.11 Å². The molecule has 3 nitrogen and oxygen atoms in total. The predicted molar refractivity (Wildman–Crippen MR) is 80.0 cm³/mol. The van der Waals surface area contributed by atoms with Crippen molar-refractivity contribution in [3.05, 3.63) is 28.2 Å². The monoisotopic (exact) mass is 314 g/mol. The molecule has 0 aliphatic heterocycles. The van der Waals surface area contributed by atoms with Crippen LogP contribution in [0.3, 0.4) is 0 Å². The lowest BCUT2D eigenvalue weighted by Gasteiger charge is -2.21. The molecule has 0 saturated heterocycles. The molecule has 102 valence electrons. The molecule has 4 heteroatoms. The number of hydrogen-bond donors (Lipinski definition) is 2. The fourth-order valence-electron chi connectivity index (χ4n) is 1.87. The van der Waals surface area contributed by atoms with Gasteiger partial charge in [0.05, 0.1) is 0 Å². The van der Waals surface area contributed by atoms with E-state index < -0.39 is 0 Å². The Labute approximate surface area is 118 Å². The molecule has 1 aromatic rings. The Balaban J connectivity index is 2.62. The molecule has 1 rings (SSSR count). The summed E-state index contributed by atoms with van der Waals surface area (Å²) >= 11 is 3.45. The van der Waals surface area contributed by atoms with E-state index in [0.29, 0.717) is 5.75 Å². The van der Waals surface area contributed by atoms with Crippen LogP contribution in [0.1, 0.15) is 31.9 Å². The summed E-state index contributed by atoms with van der Waals surface area (Å²) in [5.41, 5.74) is 0.964. The first-order chi connectivity index (χ1) is 8.58. The standard InChI is InChI=1S/C14H23BrN2O/c1-4-13(16-8-9-17(3)5-2)12-10-11(15)6-7-14(12)18/h6-7,10,13,16,18H,4-5,8-9H2,1-3H3. The second kappa shape index (κ2) is 7.77. The van der Waals surface area contributed by atoms with Gasteiger partial charge in [-0.3, -0.25) is 0 Å². The summed E-state index contributed by atoms with van der Waals surface area (Å²) in [7, 11) is 2.11. The molecule has 0 amide bonds. The Kier molecular flexibility index (Phi) is 6.68. The molecule has 0 spiro atoms. The van der Waals surface area contributed by atoms with E-state index in [1.807, 2.05) is 12.1 Å². The van der Waals surface area contributed by atoms with Crippen LogP contribution in [0.2, 0.25) is 0 Å². The molecule has 0 aliphatic carbocycles. The summed E-state index contributed by atoms with van der Waals surface area (Å²) in [5.74, 6) is 0.362. The average molecular weight is 315 g/mol. The van der Waals surface area contributed by atoms with Crippen LogP contribution in [0.25, 0.3) is 0 Å². The number of aromatic hydroxyl groups is 1. The van der Waals surface area contributed by atoms with Gasteiger partial charge in [-0.1, -0.05) is 29.8 Å². The Morgan fingerprint density at radius 3 is 2.72 bits per heavy atom. The first kappa shape index (κ1) is 15.5. The summed E-state index contributed by atoms with van der Waals surface area (Å²) in [5, 5.41) is 13.4. The highest BCUT2D eigenvalue weighted by Crippen LogP contribution is 2.29. The summed E-state index contributed by atoms with van der Waals surface area (Å²) in [4.78, 5) is 2.26. The van der Waals surface area contributed by atoms with Gasteiger partial charge in [0.25, 0.3) is 0 Å². The second-order valence-electron chi connectivity index (χ2n) is 4.51. The molecule has 2 N–H and O–H groups in total. The molecule has 1 aromatic carbocycles. The van der Waals surface area contributed by atoms with Crippen molar-refractivity contribution in [3.63, 3.8) is 0 Å². The molecular weight excluding hydrogens is 292 g/mol. The number of halogens is 1. The third kappa shape index (κ3) is 4.59. The smallest absolute Gasteiger partial charge is 0.120 e. The number of nitrogens with zero attached hydrogens (tertiary/aromatic N) is 1. The minimum Gasteiger partial charge on any atom is -0.508 e. The highest BCUT2D eigenvalue weighted by atomic mass is 79.9. The number of phenolic OH excluding ortho intramolecular Hbond substituents is 1. The number of rotatable bonds is 7. The maximum Gasteiger partial charge on any atom is 0.120 e. The number of hydrogen-bond acceptors (Lipinski definition) is 3. The van der Waals surface area contributed by atoms with E-state index in [-0.39, 0.29) is 6.04 Å². The van der Waals surface area contributed by atoms with E-state index in [1.54, 1.807) is 6.07 Å². The topological polar surface area (TPSA) is 35.5 Å². The fourth-order valence-corrected chi connectivity index (χ4v) is 2.25. The van der Waals surface area contributed by atoms with E-state index in [4.69, 9.17) is 0 Å². The molecule has 0 aliphatic rings. The Morgan fingerprint density at radius 2 is 2.11 bits per heavy atom. The van der Waals surface area contributed by atoms with Crippen LogP contribution in [0.15, 0.2) is 22.7 Å². The second-order valence-corrected chi connectivity index (χ2v) is 5.43. The molecule has 0 fully saturated rings. The lowest BCUT2D eigenvalue weighted by Crippen LogP contribution is -2.31. The van der Waals surface area contributed by atoms with Crippen molar-refractivity contribution in [3.8, 4) is 5.75 Å². The van der Waals surface area contributed by atoms with Gasteiger partial charge in [0.2, 0.25) is 0 Å². The van der Waals surface area contributed by atoms with Crippen molar-refractivity contribution in [1.82, 2.24) is 10.2 Å². The zero-order chi connectivity index (χ0) is 13.5. The minimum absolute atomic E-state index is 0.202. The number of phenols is 1. The highest BCUT2D eigenvalue weighted by molar-refractivity contribution is 9.10. The maximum absolute atomic E-state index is 9.92. The predicted octanol–water partition coefficient (Wildman–Crippen LogP) is 3.15. The lowest BCUT2D eigenvalue weighted by molar-refractivity contribution is 0.336. The Morgan fingerprint density at radius 1 is 1.39 bits per heavy atom. The molecule has 18 heavy (non-hydrogen) atoms. The van der Waals surface area contributed by atoms with E-state index in [0.717, 1.165) is 36.1 Å². The number of benzene rings is 1. The van der Waals surface area contributed by atoms with Gasteiger partial charge in [0, 0.05) is 29.2 Å². The van der Waals surface area contributed by atoms with Gasteiger partial charge in [0.1, 0.15) is 5.75 Å². The normalized spacial score (nSPS) is 12.9. The Hall–Kier alpha value is -0.580. The van der Waals surface area contributed by atoms with E-state index in [9.17, 15) is 5.11 Å². The van der Waals surface area contributed by atoms with Gasteiger partial charge in [-0.05, 0) is 38.2 Å². The summed E-state index contributed by atoms with van der Waals surface area (Å²) in [6.07, 6.45) is 0.958. The summed E-state index contributed by atoms with van der Waals surface area (Å²) < 4.78 is 1.00. The third-order valence-corrected chi connectivity index (χ3v) is 3.69. The van der Waals surface area contributed by atoms with Crippen LogP contribution in [0.5, 0.6) is 5.75 Å². The van der Waals surface area contributed by atoms with Crippen LogP contribution >= 0.6 is 15.9 Å². The van der Waals surface area contributed by atoms with Gasteiger partial charge in [-0.2, -0.15) is 0 Å². The van der Waals surface area contributed by atoms with Crippen molar-refractivity contribution in [2.24, 2.45) is 0 Å². The summed E-state index contributed by atoms with van der Waals surface area (Å²) in [6.45, 7) is 7.27. The fraction of sp³-hybridized carbons (Fsp3) is 0.571. The van der Waals surface area contributed by atoms with E-state index in [1.165, 1.54) is 0 Å². The van der Waals surface area contributed by atoms with Crippen molar-refractivity contribution in [2.75, 3.05) is 26.7 Å². The number of likely N-dealkylation sites (N-methyl/N-ethyl adjacent to an activating group) is 1. The van der Waals surface area contributed by atoms with Gasteiger partial charge < -0.3 is 15.3 Å². The van der Waals surface area contributed by atoms with E-state index >= 15 is 0 Å². The molecule has 0 aromatic heterocycles. The SMILES string of the molecule is CCC(NCCN(C)CC)c1cc(Br)ccc1O. The van der Waals surface area contributed by atoms with Crippen LogP contribution in [0, 0.1) is 0 Å². The average Bonchev–Trinajstić information content (AvgIpc) is 2.37. The Bertz CT molecular complexity index is 371. The maximum atomic E-state index is 9.92. The van der Waals surface area contributed by atoms with Crippen molar-refractivity contribution >= 4 is 15.9 Å². The molecular formula is C14H23BrN2O. The molecule has 0 saturated carbocycles. The van der Waals surface area contributed by atoms with Crippen LogP contribution < -0.4 is 5.32 Å². The minimum atomic E-state index is 0.202. The highest BCUT2D eigenvalue weighted by Gasteiger charge is 2.13. The lowest BCUT2D eigenvalue weighted by atomic mass is 10.0. The first-order valence-electron chi connectivity index (χ1n) is 6.48. The largest absolute Gasteiger partial charge is 0.508 e. The van der Waals surface area contributed by atoms with Crippen LogP contribution in [0.4, 0.5) is 0 Å². The van der Waals surface area contributed by atoms with Gasteiger partial charge >= 0.3 is 0 Å². The third-order valence-electron chi connectivity index (χ3n) is 3.20. The molecule has 1 atom stereocenters.